The summed E-state index contributed by atoms with van der Waals surface area (Å²) in [5, 5.41) is 0. The molecule has 0 bridgehead atoms. The predicted octanol–water partition coefficient (Wildman–Crippen LogP) is 2.91. The molecule has 0 radical (unpaired) electrons. The van der Waals surface area contributed by atoms with E-state index in [0.29, 0.717) is 11.8 Å². The molecule has 128 valence electrons. The van der Waals surface area contributed by atoms with Crippen molar-refractivity contribution in [2.24, 2.45) is 5.92 Å². The van der Waals surface area contributed by atoms with Crippen LogP contribution in [0.3, 0.4) is 0 Å². The van der Waals surface area contributed by atoms with Gasteiger partial charge in [-0.1, -0.05) is 17.7 Å². The number of aryl methyl sites for hydroxylation is 1. The summed E-state index contributed by atoms with van der Waals surface area (Å²) >= 11 is 1.91. The zero-order valence-electron chi connectivity index (χ0n) is 14.2. The number of amides is 2. The number of carbonyl (C=O) groups is 2. The van der Waals surface area contributed by atoms with Crippen LogP contribution in [0.5, 0.6) is 0 Å². The van der Waals surface area contributed by atoms with Gasteiger partial charge in [0.25, 0.3) is 5.91 Å². The van der Waals surface area contributed by atoms with Crippen molar-refractivity contribution in [1.29, 1.82) is 0 Å². The third kappa shape index (κ3) is 2.83. The van der Waals surface area contributed by atoms with Crippen molar-refractivity contribution in [3.63, 3.8) is 0 Å². The Labute approximate surface area is 147 Å². The van der Waals surface area contributed by atoms with E-state index in [1.807, 2.05) is 47.9 Å². The first-order valence-electron chi connectivity index (χ1n) is 8.90. The van der Waals surface area contributed by atoms with E-state index in [2.05, 4.69) is 4.90 Å². The van der Waals surface area contributed by atoms with E-state index in [1.54, 1.807) is 0 Å². The molecule has 0 aromatic heterocycles. The van der Waals surface area contributed by atoms with Gasteiger partial charge in [0, 0.05) is 36.9 Å². The van der Waals surface area contributed by atoms with E-state index in [9.17, 15) is 9.59 Å². The summed E-state index contributed by atoms with van der Waals surface area (Å²) in [5.41, 5.74) is 1.90. The molecule has 2 heterocycles. The molecule has 0 atom stereocenters. The van der Waals surface area contributed by atoms with Crippen LogP contribution >= 0.6 is 11.8 Å². The number of piperidine rings is 1. The van der Waals surface area contributed by atoms with E-state index in [4.69, 9.17) is 0 Å². The highest BCUT2D eigenvalue weighted by molar-refractivity contribution is 8.00. The fraction of sp³-hybridized carbons (Fsp3) is 0.579. The van der Waals surface area contributed by atoms with E-state index in [1.165, 1.54) is 0 Å². The molecule has 0 unspecified atom stereocenters. The summed E-state index contributed by atoms with van der Waals surface area (Å²) in [6, 6.07) is 7.87. The Bertz CT molecular complexity index is 663. The molecule has 24 heavy (non-hydrogen) atoms. The van der Waals surface area contributed by atoms with Crippen molar-refractivity contribution in [3.05, 3.63) is 35.4 Å². The number of rotatable bonds is 2. The molecule has 4 nitrogen and oxygen atoms in total. The molecule has 1 aromatic rings. The summed E-state index contributed by atoms with van der Waals surface area (Å²) in [6.45, 7) is 4.42. The van der Waals surface area contributed by atoms with Crippen molar-refractivity contribution in [3.8, 4) is 0 Å². The molecule has 2 saturated heterocycles. The number of benzene rings is 1. The van der Waals surface area contributed by atoms with Crippen molar-refractivity contribution in [2.45, 2.75) is 37.5 Å². The molecule has 4 rings (SSSR count). The average molecular weight is 344 g/mol. The van der Waals surface area contributed by atoms with Gasteiger partial charge in [0.15, 0.2) is 0 Å². The van der Waals surface area contributed by atoms with E-state index < -0.39 is 0 Å². The molecular weight excluding hydrogens is 320 g/mol. The van der Waals surface area contributed by atoms with Crippen LogP contribution in [0.25, 0.3) is 0 Å². The van der Waals surface area contributed by atoms with Gasteiger partial charge in [-0.2, -0.15) is 0 Å². The van der Waals surface area contributed by atoms with Gasteiger partial charge < -0.3 is 9.80 Å². The quantitative estimate of drug-likeness (QED) is 0.828. The fourth-order valence-corrected chi connectivity index (χ4v) is 5.36. The van der Waals surface area contributed by atoms with Crippen molar-refractivity contribution < 1.29 is 9.59 Å². The second kappa shape index (κ2) is 6.10. The van der Waals surface area contributed by atoms with Crippen LogP contribution in [0, 0.1) is 12.8 Å². The third-order valence-electron chi connectivity index (χ3n) is 5.47. The minimum atomic E-state index is -0.110. The second-order valence-corrected chi connectivity index (χ2v) is 8.68. The lowest BCUT2D eigenvalue weighted by molar-refractivity contribution is -0.134. The Morgan fingerprint density at radius 2 is 1.92 bits per heavy atom. The van der Waals surface area contributed by atoms with Crippen molar-refractivity contribution in [2.75, 3.05) is 25.4 Å². The van der Waals surface area contributed by atoms with E-state index in [-0.39, 0.29) is 10.8 Å². The molecule has 3 fully saturated rings. The maximum Gasteiger partial charge on any atom is 0.255 e. The molecular formula is C19H24N2O2S. The van der Waals surface area contributed by atoms with Crippen LogP contribution in [-0.4, -0.2) is 51.9 Å². The van der Waals surface area contributed by atoms with Crippen molar-refractivity contribution in [1.82, 2.24) is 9.80 Å². The van der Waals surface area contributed by atoms with E-state index in [0.717, 1.165) is 62.2 Å². The minimum Gasteiger partial charge on any atom is -0.342 e. The first-order valence-corrected chi connectivity index (χ1v) is 9.89. The smallest absolute Gasteiger partial charge is 0.255 e. The lowest BCUT2D eigenvalue weighted by Crippen LogP contribution is -2.53. The Kier molecular flexibility index (Phi) is 4.07. The van der Waals surface area contributed by atoms with Gasteiger partial charge in [0.2, 0.25) is 5.91 Å². The van der Waals surface area contributed by atoms with Crippen LogP contribution in [0.1, 0.15) is 41.6 Å². The Morgan fingerprint density at radius 1 is 1.17 bits per heavy atom. The highest BCUT2D eigenvalue weighted by atomic mass is 32.2. The normalized spacial score (nSPS) is 22.9. The lowest BCUT2D eigenvalue weighted by Gasteiger charge is -2.44. The van der Waals surface area contributed by atoms with Crippen LogP contribution in [-0.2, 0) is 4.79 Å². The number of carbonyl (C=O) groups excluding carboxylic acids is 2. The zero-order valence-corrected chi connectivity index (χ0v) is 15.0. The fourth-order valence-electron chi connectivity index (χ4n) is 3.91. The molecule has 2 aliphatic heterocycles. The minimum absolute atomic E-state index is 0.110. The average Bonchev–Trinajstić information content (AvgIpc) is 3.37. The predicted molar refractivity (Wildman–Crippen MR) is 95.9 cm³/mol. The monoisotopic (exact) mass is 344 g/mol. The maximum atomic E-state index is 13.0. The largest absolute Gasteiger partial charge is 0.342 e. The Hall–Kier alpha value is -1.49. The number of hydrogen-bond acceptors (Lipinski definition) is 3. The third-order valence-corrected chi connectivity index (χ3v) is 7.02. The first kappa shape index (κ1) is 16.0. The zero-order chi connectivity index (χ0) is 16.7. The van der Waals surface area contributed by atoms with Crippen LogP contribution in [0.4, 0.5) is 0 Å². The number of likely N-dealkylation sites (tertiary alicyclic amines) is 1. The van der Waals surface area contributed by atoms with Gasteiger partial charge in [-0.25, -0.2) is 0 Å². The Balaban J connectivity index is 1.48. The van der Waals surface area contributed by atoms with Gasteiger partial charge in [-0.15, -0.1) is 11.8 Å². The summed E-state index contributed by atoms with van der Waals surface area (Å²) in [7, 11) is 0. The second-order valence-electron chi connectivity index (χ2n) is 7.22. The molecule has 0 N–H and O–H groups in total. The number of thioether (sulfide) groups is 1. The van der Waals surface area contributed by atoms with Crippen molar-refractivity contribution >= 4 is 23.6 Å². The van der Waals surface area contributed by atoms with Gasteiger partial charge in [-0.3, -0.25) is 9.59 Å². The summed E-state index contributed by atoms with van der Waals surface area (Å²) < 4.78 is 0. The molecule has 2 amide bonds. The van der Waals surface area contributed by atoms with Crippen LogP contribution in [0.15, 0.2) is 24.3 Å². The Morgan fingerprint density at radius 3 is 2.58 bits per heavy atom. The molecule has 1 spiro atoms. The standard InChI is InChI=1S/C19H24N2O2S/c1-14-3-2-4-16(13-14)18(23)21-11-12-24-19(21)7-9-20(10-8-19)17(22)15-5-6-15/h2-4,13,15H,5-12H2,1H3. The topological polar surface area (TPSA) is 40.6 Å². The van der Waals surface area contributed by atoms with Gasteiger partial charge >= 0.3 is 0 Å². The molecule has 5 heteroatoms. The molecule has 1 aliphatic carbocycles. The summed E-state index contributed by atoms with van der Waals surface area (Å²) in [4.78, 5) is 29.3. The molecule has 1 saturated carbocycles. The van der Waals surface area contributed by atoms with Gasteiger partial charge in [0.05, 0.1) is 4.87 Å². The highest BCUT2D eigenvalue weighted by Gasteiger charge is 2.48. The lowest BCUT2D eigenvalue weighted by atomic mass is 10.00. The van der Waals surface area contributed by atoms with Crippen LogP contribution < -0.4 is 0 Å². The van der Waals surface area contributed by atoms with E-state index >= 15 is 0 Å². The summed E-state index contributed by atoms with van der Waals surface area (Å²) in [5.74, 6) is 1.77. The van der Waals surface area contributed by atoms with Gasteiger partial charge in [-0.05, 0) is 44.7 Å². The highest BCUT2D eigenvalue weighted by Crippen LogP contribution is 2.45. The number of nitrogens with zero attached hydrogens (tertiary/aromatic N) is 2. The molecule has 3 aliphatic rings. The molecule has 1 aromatic carbocycles. The van der Waals surface area contributed by atoms with Crippen LogP contribution in [0.2, 0.25) is 0 Å². The summed E-state index contributed by atoms with van der Waals surface area (Å²) in [6.07, 6.45) is 3.92. The number of hydrogen-bond donors (Lipinski definition) is 0. The van der Waals surface area contributed by atoms with Gasteiger partial charge in [0.1, 0.15) is 0 Å². The first-order chi connectivity index (χ1) is 11.6. The SMILES string of the molecule is Cc1cccc(C(=O)N2CCSC23CCN(C(=O)C2CC2)CC3)c1. The maximum absolute atomic E-state index is 13.0.